The Balaban J connectivity index is 4.75. The van der Waals surface area contributed by atoms with E-state index in [1.807, 2.05) is 13.8 Å². The van der Waals surface area contributed by atoms with Gasteiger partial charge in [-0.1, -0.05) is 13.8 Å². The van der Waals surface area contributed by atoms with Crippen LogP contribution in [0.5, 0.6) is 0 Å². The first-order valence-corrected chi connectivity index (χ1v) is 7.42. The Hall–Kier alpha value is -1.15. The molecule has 7 nitrogen and oxygen atoms in total. The summed E-state index contributed by atoms with van der Waals surface area (Å²) in [6.45, 7) is 4.99. The van der Waals surface area contributed by atoms with E-state index < -0.39 is 34.0 Å². The van der Waals surface area contributed by atoms with Crippen LogP contribution >= 0.6 is 0 Å². The summed E-state index contributed by atoms with van der Waals surface area (Å²) in [5, 5.41) is 10.9. The zero-order valence-electron chi connectivity index (χ0n) is 10.9. The van der Waals surface area contributed by atoms with E-state index >= 15 is 0 Å². The quantitative estimate of drug-likeness (QED) is 0.584. The maximum absolute atomic E-state index is 11.8. The van der Waals surface area contributed by atoms with E-state index in [1.54, 1.807) is 0 Å². The molecule has 2 atom stereocenters. The maximum Gasteiger partial charge on any atom is 0.325 e. The molecule has 106 valence electrons. The lowest BCUT2D eigenvalue weighted by atomic mass is 10.0. The smallest absolute Gasteiger partial charge is 0.325 e. The maximum atomic E-state index is 11.8. The molecule has 8 heteroatoms. The molecule has 0 aliphatic carbocycles. The Bertz CT molecular complexity index is 404. The molecular formula is C10H20N2O5S. The van der Waals surface area contributed by atoms with E-state index in [9.17, 15) is 18.0 Å². The molecule has 0 fully saturated rings. The lowest BCUT2D eigenvalue weighted by Gasteiger charge is -2.20. The third-order valence-electron chi connectivity index (χ3n) is 2.11. The van der Waals surface area contributed by atoms with Crippen LogP contribution in [0.4, 0.5) is 0 Å². The summed E-state index contributed by atoms with van der Waals surface area (Å²) < 4.78 is 24.5. The molecule has 0 aromatic rings. The molecule has 0 aliphatic rings. The molecule has 0 aromatic carbocycles. The van der Waals surface area contributed by atoms with E-state index in [2.05, 4.69) is 10.0 Å². The summed E-state index contributed by atoms with van der Waals surface area (Å²) in [6.07, 6.45) is 1.25. The van der Waals surface area contributed by atoms with Crippen LogP contribution in [0.25, 0.3) is 0 Å². The average molecular weight is 280 g/mol. The molecule has 0 rings (SSSR count). The van der Waals surface area contributed by atoms with Gasteiger partial charge in [-0.05, 0) is 19.3 Å². The van der Waals surface area contributed by atoms with Crippen molar-refractivity contribution in [1.29, 1.82) is 0 Å². The average Bonchev–Trinajstić information content (AvgIpc) is 2.13. The molecule has 0 aromatic heterocycles. The highest BCUT2D eigenvalue weighted by molar-refractivity contribution is 7.88. The topological polar surface area (TPSA) is 113 Å². The second-order valence-corrected chi connectivity index (χ2v) is 6.42. The second-order valence-electron chi connectivity index (χ2n) is 4.64. The van der Waals surface area contributed by atoms with Crippen molar-refractivity contribution in [1.82, 2.24) is 10.0 Å². The number of rotatable bonds is 7. The number of aliphatic carboxylic acids is 1. The van der Waals surface area contributed by atoms with Crippen LogP contribution in [-0.2, 0) is 19.6 Å². The predicted octanol–water partition coefficient (Wildman–Crippen LogP) is -0.460. The van der Waals surface area contributed by atoms with Crippen LogP contribution in [0.2, 0.25) is 0 Å². The van der Waals surface area contributed by atoms with E-state index in [0.717, 1.165) is 6.26 Å². The molecule has 1 amide bonds. The van der Waals surface area contributed by atoms with Crippen molar-refractivity contribution in [3.05, 3.63) is 0 Å². The van der Waals surface area contributed by atoms with Gasteiger partial charge in [0.1, 0.15) is 12.1 Å². The standard InChI is InChI=1S/C10H20N2O5S/c1-6(2)5-8(12-18(4,16)17)9(13)11-7(3)10(14)15/h6-8,12H,5H2,1-4H3,(H,11,13)(H,14,15)/t7-,8?/m1/s1. The number of amides is 1. The van der Waals surface area contributed by atoms with Crippen LogP contribution in [0.15, 0.2) is 0 Å². The molecule has 0 heterocycles. The molecular weight excluding hydrogens is 260 g/mol. The fourth-order valence-electron chi connectivity index (χ4n) is 1.31. The van der Waals surface area contributed by atoms with Gasteiger partial charge in [-0.2, -0.15) is 0 Å². The van der Waals surface area contributed by atoms with Crippen LogP contribution in [0.3, 0.4) is 0 Å². The van der Waals surface area contributed by atoms with Crippen LogP contribution in [0, 0.1) is 5.92 Å². The number of carbonyl (C=O) groups excluding carboxylic acids is 1. The predicted molar refractivity (Wildman–Crippen MR) is 66.5 cm³/mol. The van der Waals surface area contributed by atoms with Gasteiger partial charge in [0, 0.05) is 0 Å². The number of hydrogen-bond acceptors (Lipinski definition) is 4. The molecule has 0 spiro atoms. The summed E-state index contributed by atoms with van der Waals surface area (Å²) >= 11 is 0. The van der Waals surface area contributed by atoms with E-state index in [4.69, 9.17) is 5.11 Å². The van der Waals surface area contributed by atoms with Gasteiger partial charge in [0.05, 0.1) is 6.26 Å². The normalized spacial score (nSPS) is 15.2. The molecule has 1 unspecified atom stereocenters. The fraction of sp³-hybridized carbons (Fsp3) is 0.800. The van der Waals surface area contributed by atoms with Gasteiger partial charge in [-0.15, -0.1) is 0 Å². The lowest BCUT2D eigenvalue weighted by molar-refractivity contribution is -0.141. The molecule has 0 bridgehead atoms. The Morgan fingerprint density at radius 1 is 1.22 bits per heavy atom. The molecule has 0 saturated carbocycles. The zero-order chi connectivity index (χ0) is 14.5. The van der Waals surface area contributed by atoms with E-state index in [0.29, 0.717) is 6.42 Å². The van der Waals surface area contributed by atoms with Gasteiger partial charge in [0.2, 0.25) is 15.9 Å². The molecule has 0 radical (unpaired) electrons. The first kappa shape index (κ1) is 16.9. The SMILES string of the molecule is CC(C)CC(NS(C)(=O)=O)C(=O)N[C@H](C)C(=O)O. The highest BCUT2D eigenvalue weighted by Crippen LogP contribution is 2.06. The highest BCUT2D eigenvalue weighted by atomic mass is 32.2. The minimum atomic E-state index is -3.53. The number of carboxylic acids is 1. The van der Waals surface area contributed by atoms with Gasteiger partial charge >= 0.3 is 5.97 Å². The number of carbonyl (C=O) groups is 2. The lowest BCUT2D eigenvalue weighted by Crippen LogP contribution is -2.50. The highest BCUT2D eigenvalue weighted by Gasteiger charge is 2.25. The van der Waals surface area contributed by atoms with Gasteiger partial charge in [0.15, 0.2) is 0 Å². The number of sulfonamides is 1. The minimum Gasteiger partial charge on any atom is -0.480 e. The Labute approximate surface area is 107 Å². The molecule has 18 heavy (non-hydrogen) atoms. The van der Waals surface area contributed by atoms with Crippen molar-refractivity contribution in [2.24, 2.45) is 5.92 Å². The molecule has 3 N–H and O–H groups in total. The van der Waals surface area contributed by atoms with Gasteiger partial charge in [-0.25, -0.2) is 13.1 Å². The second kappa shape index (κ2) is 6.69. The van der Waals surface area contributed by atoms with Crippen molar-refractivity contribution in [2.75, 3.05) is 6.26 Å². The summed E-state index contributed by atoms with van der Waals surface area (Å²) in [5.41, 5.74) is 0. The Kier molecular flexibility index (Phi) is 6.27. The fourth-order valence-corrected chi connectivity index (χ4v) is 2.03. The van der Waals surface area contributed by atoms with Crippen molar-refractivity contribution in [3.8, 4) is 0 Å². The number of nitrogens with one attached hydrogen (secondary N) is 2. The van der Waals surface area contributed by atoms with Crippen LogP contribution < -0.4 is 10.0 Å². The van der Waals surface area contributed by atoms with Crippen LogP contribution in [-0.4, -0.2) is 43.7 Å². The monoisotopic (exact) mass is 280 g/mol. The van der Waals surface area contributed by atoms with E-state index in [1.165, 1.54) is 6.92 Å². The number of hydrogen-bond donors (Lipinski definition) is 3. The zero-order valence-corrected chi connectivity index (χ0v) is 11.7. The van der Waals surface area contributed by atoms with Crippen molar-refractivity contribution >= 4 is 21.9 Å². The molecule has 0 saturated heterocycles. The van der Waals surface area contributed by atoms with Crippen molar-refractivity contribution in [3.63, 3.8) is 0 Å². The summed E-state index contributed by atoms with van der Waals surface area (Å²) in [4.78, 5) is 22.4. The Morgan fingerprint density at radius 2 is 1.72 bits per heavy atom. The summed E-state index contributed by atoms with van der Waals surface area (Å²) in [6, 6.07) is -2.02. The first-order valence-electron chi connectivity index (χ1n) is 5.53. The summed E-state index contributed by atoms with van der Waals surface area (Å²) in [7, 11) is -3.53. The van der Waals surface area contributed by atoms with E-state index in [-0.39, 0.29) is 5.92 Å². The van der Waals surface area contributed by atoms with Crippen molar-refractivity contribution in [2.45, 2.75) is 39.3 Å². The number of carboxylic acid groups (broad SMARTS) is 1. The first-order chi connectivity index (χ1) is 8.03. The minimum absolute atomic E-state index is 0.0927. The van der Waals surface area contributed by atoms with Crippen LogP contribution in [0.1, 0.15) is 27.2 Å². The third kappa shape index (κ3) is 7.23. The molecule has 0 aliphatic heterocycles. The largest absolute Gasteiger partial charge is 0.480 e. The van der Waals surface area contributed by atoms with Gasteiger partial charge < -0.3 is 10.4 Å². The Morgan fingerprint density at radius 3 is 2.06 bits per heavy atom. The van der Waals surface area contributed by atoms with Crippen molar-refractivity contribution < 1.29 is 23.1 Å². The summed E-state index contributed by atoms with van der Waals surface area (Å²) in [5.74, 6) is -1.72. The third-order valence-corrected chi connectivity index (χ3v) is 2.82. The van der Waals surface area contributed by atoms with Gasteiger partial charge in [-0.3, -0.25) is 9.59 Å². The van der Waals surface area contributed by atoms with Gasteiger partial charge in [0.25, 0.3) is 0 Å².